The second kappa shape index (κ2) is 8.06. The van der Waals surface area contributed by atoms with Gasteiger partial charge in [0.2, 0.25) is 5.95 Å². The molecule has 2 N–H and O–H groups in total. The van der Waals surface area contributed by atoms with Gasteiger partial charge in [-0.05, 0) is 48.0 Å². The summed E-state index contributed by atoms with van der Waals surface area (Å²) in [7, 11) is 1.60. The second-order valence-corrected chi connectivity index (χ2v) is 5.43. The average molecular weight is 352 g/mol. The Morgan fingerprint density at radius 3 is 2.50 bits per heavy atom. The zero-order valence-corrected chi connectivity index (χ0v) is 14.1. The molecule has 0 spiro atoms. The smallest absolute Gasteiger partial charge is 0.270 e. The number of benzene rings is 2. The van der Waals surface area contributed by atoms with Crippen LogP contribution in [0.1, 0.15) is 16.1 Å². The van der Waals surface area contributed by atoms with Crippen LogP contribution in [0.4, 0.5) is 16.0 Å². The number of halogens is 1. The molecule has 6 nitrogen and oxygen atoms in total. The van der Waals surface area contributed by atoms with E-state index in [0.29, 0.717) is 12.2 Å². The summed E-state index contributed by atoms with van der Waals surface area (Å²) >= 11 is 0. The van der Waals surface area contributed by atoms with Gasteiger partial charge in [0.1, 0.15) is 17.3 Å². The molecule has 1 heterocycles. The lowest BCUT2D eigenvalue weighted by Crippen LogP contribution is -2.24. The third-order valence-corrected chi connectivity index (χ3v) is 3.60. The van der Waals surface area contributed by atoms with Crippen molar-refractivity contribution >= 4 is 17.5 Å². The van der Waals surface area contributed by atoms with Gasteiger partial charge in [0.15, 0.2) is 0 Å². The van der Waals surface area contributed by atoms with Crippen LogP contribution in [-0.2, 0) is 6.54 Å². The summed E-state index contributed by atoms with van der Waals surface area (Å²) < 4.78 is 18.0. The summed E-state index contributed by atoms with van der Waals surface area (Å²) in [4.78, 5) is 20.5. The molecular formula is C19H17FN4O2. The highest BCUT2D eigenvalue weighted by Crippen LogP contribution is 2.14. The summed E-state index contributed by atoms with van der Waals surface area (Å²) in [5, 5.41) is 5.73. The highest BCUT2D eigenvalue weighted by atomic mass is 19.1. The minimum Gasteiger partial charge on any atom is -0.497 e. The molecule has 2 aromatic carbocycles. The van der Waals surface area contributed by atoms with Crippen molar-refractivity contribution in [2.45, 2.75) is 6.54 Å². The Hall–Kier alpha value is -3.48. The Morgan fingerprint density at radius 1 is 1.08 bits per heavy atom. The van der Waals surface area contributed by atoms with Crippen LogP contribution in [0.5, 0.6) is 5.75 Å². The molecular weight excluding hydrogens is 335 g/mol. The van der Waals surface area contributed by atoms with Gasteiger partial charge >= 0.3 is 0 Å². The number of hydrogen-bond donors (Lipinski definition) is 2. The van der Waals surface area contributed by atoms with Crippen LogP contribution in [0.3, 0.4) is 0 Å². The molecule has 0 aliphatic heterocycles. The maximum absolute atomic E-state index is 12.9. The van der Waals surface area contributed by atoms with Crippen LogP contribution in [0.2, 0.25) is 0 Å². The molecule has 0 radical (unpaired) electrons. The van der Waals surface area contributed by atoms with Crippen molar-refractivity contribution < 1.29 is 13.9 Å². The van der Waals surface area contributed by atoms with Gasteiger partial charge in [-0.3, -0.25) is 4.79 Å². The summed E-state index contributed by atoms with van der Waals surface area (Å²) in [6, 6.07) is 14.7. The van der Waals surface area contributed by atoms with E-state index in [1.165, 1.54) is 24.4 Å². The number of ether oxygens (including phenoxy) is 1. The fourth-order valence-electron chi connectivity index (χ4n) is 2.22. The van der Waals surface area contributed by atoms with Crippen molar-refractivity contribution in [2.75, 3.05) is 12.4 Å². The monoisotopic (exact) mass is 352 g/mol. The molecule has 0 atom stereocenters. The maximum atomic E-state index is 12.9. The number of nitrogens with one attached hydrogen (secondary N) is 2. The van der Waals surface area contributed by atoms with Crippen LogP contribution < -0.4 is 15.4 Å². The summed E-state index contributed by atoms with van der Waals surface area (Å²) in [5.41, 5.74) is 1.80. The summed E-state index contributed by atoms with van der Waals surface area (Å²) in [5.74, 6) is 0.370. The van der Waals surface area contributed by atoms with E-state index < -0.39 is 0 Å². The van der Waals surface area contributed by atoms with E-state index in [4.69, 9.17) is 4.74 Å². The molecule has 0 bridgehead atoms. The standard InChI is InChI=1S/C19H17FN4O2/c1-26-16-8-2-13(3-9-16)12-22-18(25)17-10-11-21-19(24-17)23-15-6-4-14(20)5-7-15/h2-11H,12H2,1H3,(H,22,25)(H,21,23,24). The van der Waals surface area contributed by atoms with Crippen LogP contribution in [0.25, 0.3) is 0 Å². The SMILES string of the molecule is COc1ccc(CNC(=O)c2ccnc(Nc3ccc(F)cc3)n2)cc1. The largest absolute Gasteiger partial charge is 0.497 e. The molecule has 1 amide bonds. The van der Waals surface area contributed by atoms with Crippen LogP contribution in [0, 0.1) is 5.82 Å². The minimum absolute atomic E-state index is 0.234. The first kappa shape index (κ1) is 17.3. The number of anilines is 2. The number of carbonyl (C=O) groups excluding carboxylic acids is 1. The lowest BCUT2D eigenvalue weighted by molar-refractivity contribution is 0.0946. The third kappa shape index (κ3) is 4.54. The van der Waals surface area contributed by atoms with Crippen molar-refractivity contribution in [3.63, 3.8) is 0 Å². The van der Waals surface area contributed by atoms with Crippen LogP contribution in [-0.4, -0.2) is 23.0 Å². The van der Waals surface area contributed by atoms with E-state index in [-0.39, 0.29) is 23.4 Å². The summed E-state index contributed by atoms with van der Waals surface area (Å²) in [6.45, 7) is 0.369. The molecule has 132 valence electrons. The lowest BCUT2D eigenvalue weighted by atomic mass is 10.2. The number of hydrogen-bond acceptors (Lipinski definition) is 5. The highest BCUT2D eigenvalue weighted by Gasteiger charge is 2.09. The number of nitrogens with zero attached hydrogens (tertiary/aromatic N) is 2. The normalized spacial score (nSPS) is 10.2. The Bertz CT molecular complexity index is 883. The predicted octanol–water partition coefficient (Wildman–Crippen LogP) is 3.30. The van der Waals surface area contributed by atoms with Gasteiger partial charge in [0, 0.05) is 18.4 Å². The van der Waals surface area contributed by atoms with E-state index in [2.05, 4.69) is 20.6 Å². The van der Waals surface area contributed by atoms with E-state index in [0.717, 1.165) is 11.3 Å². The zero-order chi connectivity index (χ0) is 18.4. The van der Waals surface area contributed by atoms with Crippen LogP contribution in [0.15, 0.2) is 60.8 Å². The van der Waals surface area contributed by atoms with Crippen molar-refractivity contribution in [3.05, 3.63) is 77.9 Å². The maximum Gasteiger partial charge on any atom is 0.270 e. The van der Waals surface area contributed by atoms with E-state index in [1.807, 2.05) is 24.3 Å². The van der Waals surface area contributed by atoms with Gasteiger partial charge in [-0.25, -0.2) is 14.4 Å². The molecule has 7 heteroatoms. The average Bonchev–Trinajstić information content (AvgIpc) is 2.68. The van der Waals surface area contributed by atoms with Crippen molar-refractivity contribution in [3.8, 4) is 5.75 Å². The van der Waals surface area contributed by atoms with Gasteiger partial charge < -0.3 is 15.4 Å². The molecule has 26 heavy (non-hydrogen) atoms. The van der Waals surface area contributed by atoms with E-state index >= 15 is 0 Å². The highest BCUT2D eigenvalue weighted by molar-refractivity contribution is 5.92. The Balaban J connectivity index is 1.62. The molecule has 3 aromatic rings. The Labute approximate surface area is 150 Å². The Morgan fingerprint density at radius 2 is 1.81 bits per heavy atom. The molecule has 0 saturated heterocycles. The van der Waals surface area contributed by atoms with Gasteiger partial charge in [-0.2, -0.15) is 0 Å². The fourth-order valence-corrected chi connectivity index (χ4v) is 2.22. The first-order valence-corrected chi connectivity index (χ1v) is 7.91. The topological polar surface area (TPSA) is 76.1 Å². The van der Waals surface area contributed by atoms with E-state index in [1.54, 1.807) is 19.2 Å². The first-order valence-electron chi connectivity index (χ1n) is 7.91. The number of amides is 1. The van der Waals surface area contributed by atoms with Crippen molar-refractivity contribution in [2.24, 2.45) is 0 Å². The molecule has 0 unspecified atom stereocenters. The second-order valence-electron chi connectivity index (χ2n) is 5.43. The van der Waals surface area contributed by atoms with Gasteiger partial charge in [-0.15, -0.1) is 0 Å². The Kier molecular flexibility index (Phi) is 5.38. The zero-order valence-electron chi connectivity index (χ0n) is 14.1. The molecule has 0 saturated carbocycles. The fraction of sp³-hybridized carbons (Fsp3) is 0.105. The number of aromatic nitrogens is 2. The minimum atomic E-state index is -0.330. The number of carbonyl (C=O) groups is 1. The predicted molar refractivity (Wildman–Crippen MR) is 95.9 cm³/mol. The number of methoxy groups -OCH3 is 1. The van der Waals surface area contributed by atoms with Gasteiger partial charge in [0.05, 0.1) is 7.11 Å². The van der Waals surface area contributed by atoms with Gasteiger partial charge in [0.25, 0.3) is 5.91 Å². The number of rotatable bonds is 6. The first-order chi connectivity index (χ1) is 12.6. The van der Waals surface area contributed by atoms with Crippen LogP contribution >= 0.6 is 0 Å². The molecule has 3 rings (SSSR count). The summed E-state index contributed by atoms with van der Waals surface area (Å²) in [6.07, 6.45) is 1.49. The van der Waals surface area contributed by atoms with Crippen molar-refractivity contribution in [1.82, 2.24) is 15.3 Å². The lowest BCUT2D eigenvalue weighted by Gasteiger charge is -2.08. The molecule has 0 aliphatic carbocycles. The molecule has 0 fully saturated rings. The molecule has 1 aromatic heterocycles. The van der Waals surface area contributed by atoms with Crippen molar-refractivity contribution in [1.29, 1.82) is 0 Å². The molecule has 0 aliphatic rings. The third-order valence-electron chi connectivity index (χ3n) is 3.60. The van der Waals surface area contributed by atoms with Gasteiger partial charge in [-0.1, -0.05) is 12.1 Å². The quantitative estimate of drug-likeness (QED) is 0.712. The van der Waals surface area contributed by atoms with E-state index in [9.17, 15) is 9.18 Å².